The number of nitrogens with one attached hydrogen (secondary N) is 2. The first-order valence-corrected chi connectivity index (χ1v) is 10.4. The van der Waals surface area contributed by atoms with Gasteiger partial charge in [0, 0.05) is 24.3 Å². The summed E-state index contributed by atoms with van der Waals surface area (Å²) in [4.78, 5) is 14.4. The fourth-order valence-corrected chi connectivity index (χ4v) is 3.67. The van der Waals surface area contributed by atoms with Crippen LogP contribution in [0.2, 0.25) is 5.02 Å². The first-order chi connectivity index (χ1) is 14.0. The number of ether oxygens (including phenoxy) is 1. The zero-order valence-electron chi connectivity index (χ0n) is 16.1. The normalized spacial score (nSPS) is 13.7. The molecule has 1 amide bonds. The monoisotopic (exact) mass is 435 g/mol. The largest absolute Gasteiger partial charge is 0.492 e. The van der Waals surface area contributed by atoms with Crippen LogP contribution in [0.15, 0.2) is 36.4 Å². The molecule has 2 aromatic carbocycles. The smallest absolute Gasteiger partial charge is 0.257 e. The molecule has 1 heterocycles. The third-order valence-corrected chi connectivity index (χ3v) is 5.12. The summed E-state index contributed by atoms with van der Waals surface area (Å²) >= 11 is 11.3. The number of halogens is 2. The van der Waals surface area contributed by atoms with Gasteiger partial charge in [-0.3, -0.25) is 10.1 Å². The maximum Gasteiger partial charge on any atom is 0.257 e. The Morgan fingerprint density at radius 2 is 1.97 bits per heavy atom. The zero-order chi connectivity index (χ0) is 20.8. The number of piperidine rings is 1. The van der Waals surface area contributed by atoms with Gasteiger partial charge < -0.3 is 15.0 Å². The fourth-order valence-electron chi connectivity index (χ4n) is 3.23. The summed E-state index contributed by atoms with van der Waals surface area (Å²) in [5, 5.41) is 5.83. The lowest BCUT2D eigenvalue weighted by Gasteiger charge is -2.29. The molecule has 0 aromatic heterocycles. The van der Waals surface area contributed by atoms with Gasteiger partial charge in [-0.2, -0.15) is 0 Å². The van der Waals surface area contributed by atoms with Crippen LogP contribution < -0.4 is 20.3 Å². The molecule has 1 fully saturated rings. The van der Waals surface area contributed by atoms with Crippen LogP contribution in [0.4, 0.5) is 15.8 Å². The molecule has 2 aromatic rings. The predicted octanol–water partition coefficient (Wildman–Crippen LogP) is 4.99. The van der Waals surface area contributed by atoms with E-state index in [4.69, 9.17) is 28.6 Å². The molecule has 3 rings (SSSR count). The van der Waals surface area contributed by atoms with E-state index in [-0.39, 0.29) is 10.9 Å². The van der Waals surface area contributed by atoms with E-state index in [1.807, 2.05) is 6.92 Å². The van der Waals surface area contributed by atoms with Gasteiger partial charge in [0.15, 0.2) is 5.11 Å². The van der Waals surface area contributed by atoms with E-state index < -0.39 is 5.91 Å². The molecule has 0 saturated carbocycles. The van der Waals surface area contributed by atoms with Crippen molar-refractivity contribution >= 4 is 46.2 Å². The summed E-state index contributed by atoms with van der Waals surface area (Å²) in [5.74, 6) is -0.224. The molecule has 1 saturated heterocycles. The van der Waals surface area contributed by atoms with Crippen molar-refractivity contribution in [3.8, 4) is 5.75 Å². The van der Waals surface area contributed by atoms with Crippen LogP contribution in [0, 0.1) is 5.82 Å². The number of carbonyl (C=O) groups excluding carboxylic acids is 1. The Hall–Kier alpha value is -2.38. The van der Waals surface area contributed by atoms with E-state index >= 15 is 0 Å². The second kappa shape index (κ2) is 9.89. The van der Waals surface area contributed by atoms with Gasteiger partial charge in [0.2, 0.25) is 0 Å². The summed E-state index contributed by atoms with van der Waals surface area (Å²) in [6, 6.07) is 9.61. The van der Waals surface area contributed by atoms with E-state index in [1.165, 1.54) is 18.6 Å². The third kappa shape index (κ3) is 5.58. The number of carbonyl (C=O) groups is 1. The van der Waals surface area contributed by atoms with Gasteiger partial charge in [0.25, 0.3) is 5.91 Å². The highest BCUT2D eigenvalue weighted by Crippen LogP contribution is 2.26. The molecule has 0 unspecified atom stereocenters. The maximum absolute atomic E-state index is 14.5. The quantitative estimate of drug-likeness (QED) is 0.647. The van der Waals surface area contributed by atoms with Crippen LogP contribution in [0.5, 0.6) is 5.75 Å². The van der Waals surface area contributed by atoms with Gasteiger partial charge in [0.1, 0.15) is 11.6 Å². The number of thiocarbonyl (C=S) groups is 1. The van der Waals surface area contributed by atoms with Crippen molar-refractivity contribution in [2.75, 3.05) is 29.9 Å². The van der Waals surface area contributed by atoms with Crippen molar-refractivity contribution in [1.82, 2.24) is 5.32 Å². The van der Waals surface area contributed by atoms with E-state index in [0.29, 0.717) is 34.3 Å². The topological polar surface area (TPSA) is 53.6 Å². The van der Waals surface area contributed by atoms with Crippen LogP contribution in [-0.4, -0.2) is 30.7 Å². The summed E-state index contributed by atoms with van der Waals surface area (Å²) in [7, 11) is 0. The van der Waals surface area contributed by atoms with Gasteiger partial charge >= 0.3 is 0 Å². The lowest BCUT2D eigenvalue weighted by Crippen LogP contribution is -2.34. The minimum atomic E-state index is -0.419. The number of nitrogens with zero attached hydrogens (tertiary/aromatic N) is 1. The highest BCUT2D eigenvalue weighted by Gasteiger charge is 2.16. The number of amides is 1. The highest BCUT2D eigenvalue weighted by atomic mass is 35.5. The molecule has 1 aliphatic heterocycles. The van der Waals surface area contributed by atoms with Gasteiger partial charge in [-0.25, -0.2) is 4.39 Å². The van der Waals surface area contributed by atoms with Crippen molar-refractivity contribution in [3.63, 3.8) is 0 Å². The van der Waals surface area contributed by atoms with Crippen molar-refractivity contribution in [2.24, 2.45) is 0 Å². The standard InChI is InChI=1S/C21H23ClFN3O2S/c1-2-28-19-9-6-14(12-16(19)22)20(27)25-21(29)24-15-7-8-18(17(23)13-15)26-10-4-3-5-11-26/h6-9,12-13H,2-5,10-11H2,1H3,(H2,24,25,27,29). The predicted molar refractivity (Wildman–Crippen MR) is 119 cm³/mol. The van der Waals surface area contributed by atoms with E-state index in [0.717, 1.165) is 25.9 Å². The second-order valence-corrected chi connectivity index (χ2v) is 7.52. The molecule has 0 aliphatic carbocycles. The lowest BCUT2D eigenvalue weighted by molar-refractivity contribution is 0.0977. The van der Waals surface area contributed by atoms with Gasteiger partial charge in [0.05, 0.1) is 17.3 Å². The molecule has 5 nitrogen and oxygen atoms in total. The Labute approximate surface area is 180 Å². The van der Waals surface area contributed by atoms with Crippen molar-refractivity contribution in [1.29, 1.82) is 0 Å². The first kappa shape index (κ1) is 21.3. The van der Waals surface area contributed by atoms with Gasteiger partial charge in [-0.15, -0.1) is 0 Å². The number of benzene rings is 2. The molecule has 1 aliphatic rings. The number of hydrogen-bond donors (Lipinski definition) is 2. The Kier molecular flexibility index (Phi) is 7.28. The number of anilines is 2. The number of hydrogen-bond acceptors (Lipinski definition) is 4. The first-order valence-electron chi connectivity index (χ1n) is 9.57. The van der Waals surface area contributed by atoms with E-state index in [9.17, 15) is 9.18 Å². The molecule has 29 heavy (non-hydrogen) atoms. The Morgan fingerprint density at radius 3 is 2.62 bits per heavy atom. The zero-order valence-corrected chi connectivity index (χ0v) is 17.7. The van der Waals surface area contributed by atoms with Gasteiger partial charge in [-0.05, 0) is 74.8 Å². The molecule has 8 heteroatoms. The van der Waals surface area contributed by atoms with Crippen molar-refractivity contribution < 1.29 is 13.9 Å². The third-order valence-electron chi connectivity index (χ3n) is 4.62. The van der Waals surface area contributed by atoms with Crippen LogP contribution in [0.3, 0.4) is 0 Å². The molecular formula is C21H23ClFN3O2S. The molecule has 154 valence electrons. The molecule has 0 radical (unpaired) electrons. The van der Waals surface area contributed by atoms with Crippen molar-refractivity contribution in [2.45, 2.75) is 26.2 Å². The summed E-state index contributed by atoms with van der Waals surface area (Å²) in [6.45, 7) is 4.06. The molecule has 0 bridgehead atoms. The van der Waals surface area contributed by atoms with Crippen LogP contribution >= 0.6 is 23.8 Å². The van der Waals surface area contributed by atoms with Crippen molar-refractivity contribution in [3.05, 3.63) is 52.8 Å². The van der Waals surface area contributed by atoms with Crippen LogP contribution in [-0.2, 0) is 0 Å². The maximum atomic E-state index is 14.5. The van der Waals surface area contributed by atoms with E-state index in [1.54, 1.807) is 24.3 Å². The summed E-state index contributed by atoms with van der Waals surface area (Å²) in [6.07, 6.45) is 3.33. The molecule has 0 atom stereocenters. The molecule has 0 spiro atoms. The Morgan fingerprint density at radius 1 is 1.21 bits per heavy atom. The van der Waals surface area contributed by atoms with Crippen LogP contribution in [0.1, 0.15) is 36.5 Å². The molecule has 2 N–H and O–H groups in total. The summed E-state index contributed by atoms with van der Waals surface area (Å²) < 4.78 is 19.9. The second-order valence-electron chi connectivity index (χ2n) is 6.70. The highest BCUT2D eigenvalue weighted by molar-refractivity contribution is 7.80. The lowest BCUT2D eigenvalue weighted by atomic mass is 10.1. The van der Waals surface area contributed by atoms with E-state index in [2.05, 4.69) is 15.5 Å². The minimum absolute atomic E-state index is 0.0742. The Bertz CT molecular complexity index is 903. The average Bonchev–Trinajstić information content (AvgIpc) is 2.70. The minimum Gasteiger partial charge on any atom is -0.492 e. The van der Waals surface area contributed by atoms with Crippen LogP contribution in [0.25, 0.3) is 0 Å². The average molecular weight is 436 g/mol. The summed E-state index contributed by atoms with van der Waals surface area (Å²) in [5.41, 5.74) is 1.40. The SMILES string of the molecule is CCOc1ccc(C(=O)NC(=S)Nc2ccc(N3CCCCC3)c(F)c2)cc1Cl. The molecular weight excluding hydrogens is 413 g/mol. The number of rotatable bonds is 5. The van der Waals surface area contributed by atoms with Gasteiger partial charge in [-0.1, -0.05) is 11.6 Å². The fraction of sp³-hybridized carbons (Fsp3) is 0.333. The Balaban J connectivity index is 1.60.